The fourth-order valence-electron chi connectivity index (χ4n) is 1.83. The number of ether oxygens (including phenoxy) is 1. The first-order valence-electron chi connectivity index (χ1n) is 6.54. The molecule has 0 N–H and O–H groups in total. The number of hydrogen-bond acceptors (Lipinski definition) is 2. The van der Waals surface area contributed by atoms with E-state index in [0.29, 0.717) is 6.42 Å². The van der Waals surface area contributed by atoms with Gasteiger partial charge in [-0.3, -0.25) is 4.79 Å². The Kier molecular flexibility index (Phi) is 8.50. The van der Waals surface area contributed by atoms with E-state index in [1.807, 2.05) is 0 Å². The molecule has 1 atom stereocenters. The fraction of sp³-hybridized carbons (Fsp3) is 0.786. The molecule has 1 heterocycles. The Morgan fingerprint density at radius 1 is 1.12 bits per heavy atom. The summed E-state index contributed by atoms with van der Waals surface area (Å²) in [4.78, 5) is 11.6. The number of carbonyl (C=O) groups excluding carboxylic acids is 1. The van der Waals surface area contributed by atoms with Crippen LogP contribution < -0.4 is 0 Å². The highest BCUT2D eigenvalue weighted by Gasteiger charge is 2.12. The van der Waals surface area contributed by atoms with Crippen LogP contribution in [0, 0.1) is 11.8 Å². The Labute approximate surface area is 118 Å². The fourth-order valence-corrected chi connectivity index (χ4v) is 2.45. The number of hydrogen-bond donors (Lipinski definition) is 0. The van der Waals surface area contributed by atoms with E-state index in [1.54, 1.807) is 0 Å². The summed E-state index contributed by atoms with van der Waals surface area (Å²) in [6.45, 7) is 0. The molecule has 0 fully saturated rings. The van der Waals surface area contributed by atoms with Gasteiger partial charge in [0.15, 0.2) is 0 Å². The van der Waals surface area contributed by atoms with Crippen LogP contribution in [0.1, 0.15) is 57.8 Å². The second-order valence-electron chi connectivity index (χ2n) is 4.43. The zero-order valence-electron chi connectivity index (χ0n) is 10.3. The molecule has 1 unspecified atom stereocenters. The molecule has 0 aromatic heterocycles. The van der Waals surface area contributed by atoms with Crippen molar-refractivity contribution in [3.8, 4) is 11.8 Å². The minimum atomic E-state index is -0.0187. The third kappa shape index (κ3) is 7.64. The Bertz CT molecular complexity index is 278. The number of carbonyl (C=O) groups is 1. The second kappa shape index (κ2) is 9.76. The van der Waals surface area contributed by atoms with Gasteiger partial charge in [-0.15, -0.1) is 11.8 Å². The molecule has 0 saturated heterocycles. The van der Waals surface area contributed by atoms with Crippen molar-refractivity contribution in [2.24, 2.45) is 0 Å². The maximum atomic E-state index is 11.6. The van der Waals surface area contributed by atoms with Gasteiger partial charge < -0.3 is 4.74 Å². The smallest absolute Gasteiger partial charge is 0.306 e. The van der Waals surface area contributed by atoms with E-state index in [4.69, 9.17) is 4.74 Å². The number of halogens is 1. The Morgan fingerprint density at radius 2 is 1.82 bits per heavy atom. The maximum absolute atomic E-state index is 11.6. The summed E-state index contributed by atoms with van der Waals surface area (Å²) in [5.41, 5.74) is 0. The number of cyclic esters (lactones) is 1. The van der Waals surface area contributed by atoms with Crippen molar-refractivity contribution < 1.29 is 9.53 Å². The molecule has 0 aliphatic carbocycles. The molecule has 17 heavy (non-hydrogen) atoms. The monoisotopic (exact) mass is 348 g/mol. The highest BCUT2D eigenvalue weighted by atomic mass is 127. The highest BCUT2D eigenvalue weighted by Crippen LogP contribution is 2.12. The number of alkyl halides is 1. The molecule has 1 aliphatic heterocycles. The van der Waals surface area contributed by atoms with E-state index in [-0.39, 0.29) is 12.1 Å². The molecule has 0 saturated carbocycles. The minimum absolute atomic E-state index is 0.0187. The van der Waals surface area contributed by atoms with Gasteiger partial charge >= 0.3 is 5.97 Å². The Balaban J connectivity index is 2.39. The topological polar surface area (TPSA) is 26.3 Å². The van der Waals surface area contributed by atoms with Crippen LogP contribution in [0.3, 0.4) is 0 Å². The van der Waals surface area contributed by atoms with Crippen molar-refractivity contribution in [2.45, 2.75) is 63.9 Å². The van der Waals surface area contributed by atoms with Crippen LogP contribution >= 0.6 is 22.6 Å². The molecular weight excluding hydrogens is 327 g/mol. The summed E-state index contributed by atoms with van der Waals surface area (Å²) in [6, 6.07) is 0. The summed E-state index contributed by atoms with van der Waals surface area (Å²) in [6.07, 6.45) is 8.99. The molecule has 1 aliphatic rings. The lowest BCUT2D eigenvalue weighted by atomic mass is 10.1. The highest BCUT2D eigenvalue weighted by molar-refractivity contribution is 14.1. The summed E-state index contributed by atoms with van der Waals surface area (Å²) in [7, 11) is 0. The molecule has 0 bridgehead atoms. The average molecular weight is 348 g/mol. The third-order valence-electron chi connectivity index (χ3n) is 2.86. The zero-order chi connectivity index (χ0) is 12.3. The Morgan fingerprint density at radius 3 is 2.53 bits per heavy atom. The first-order chi connectivity index (χ1) is 8.33. The van der Waals surface area contributed by atoms with Crippen molar-refractivity contribution in [2.75, 3.05) is 4.43 Å². The van der Waals surface area contributed by atoms with Gasteiger partial charge in [0, 0.05) is 23.7 Å². The third-order valence-corrected chi connectivity index (χ3v) is 3.84. The van der Waals surface area contributed by atoms with Crippen molar-refractivity contribution in [1.29, 1.82) is 0 Å². The molecule has 3 heteroatoms. The minimum Gasteiger partial charge on any atom is -0.462 e. The van der Waals surface area contributed by atoms with E-state index < -0.39 is 0 Å². The maximum Gasteiger partial charge on any atom is 0.306 e. The normalized spacial score (nSPS) is 24.1. The predicted molar refractivity (Wildman–Crippen MR) is 78.1 cm³/mol. The lowest BCUT2D eigenvalue weighted by Crippen LogP contribution is -2.19. The lowest BCUT2D eigenvalue weighted by molar-refractivity contribution is -0.148. The van der Waals surface area contributed by atoms with E-state index >= 15 is 0 Å². The average Bonchev–Trinajstić information content (AvgIpc) is 2.33. The van der Waals surface area contributed by atoms with Gasteiger partial charge in [-0.1, -0.05) is 29.0 Å². The van der Waals surface area contributed by atoms with E-state index in [9.17, 15) is 4.79 Å². The van der Waals surface area contributed by atoms with Crippen molar-refractivity contribution in [3.63, 3.8) is 0 Å². The molecule has 0 radical (unpaired) electrons. The summed E-state index contributed by atoms with van der Waals surface area (Å²) < 4.78 is 6.36. The van der Waals surface area contributed by atoms with Gasteiger partial charge in [0.25, 0.3) is 0 Å². The molecular formula is C14H21IO2. The summed E-state index contributed by atoms with van der Waals surface area (Å²) in [5, 5.41) is 0. The Hall–Kier alpha value is -0.240. The van der Waals surface area contributed by atoms with Crippen LogP contribution in [0.5, 0.6) is 0 Å². The van der Waals surface area contributed by atoms with Crippen LogP contribution in [0.4, 0.5) is 0 Å². The number of rotatable bonds is 1. The van der Waals surface area contributed by atoms with Gasteiger partial charge in [0.05, 0.1) is 0 Å². The van der Waals surface area contributed by atoms with E-state index in [2.05, 4.69) is 34.4 Å². The van der Waals surface area contributed by atoms with Gasteiger partial charge in [-0.05, 0) is 32.1 Å². The molecule has 2 nitrogen and oxygen atoms in total. The molecule has 0 aromatic carbocycles. The van der Waals surface area contributed by atoms with Gasteiger partial charge in [-0.25, -0.2) is 0 Å². The lowest BCUT2D eigenvalue weighted by Gasteiger charge is -2.15. The summed E-state index contributed by atoms with van der Waals surface area (Å²) in [5.74, 6) is 6.41. The van der Waals surface area contributed by atoms with E-state index in [0.717, 1.165) is 55.8 Å². The predicted octanol–water partition coefficient (Wildman–Crippen LogP) is 3.86. The van der Waals surface area contributed by atoms with Crippen molar-refractivity contribution in [1.82, 2.24) is 0 Å². The summed E-state index contributed by atoms with van der Waals surface area (Å²) >= 11 is 2.29. The van der Waals surface area contributed by atoms with Crippen LogP contribution in [-0.2, 0) is 9.53 Å². The van der Waals surface area contributed by atoms with Crippen molar-refractivity contribution >= 4 is 28.6 Å². The first kappa shape index (κ1) is 14.8. The molecule has 96 valence electrons. The van der Waals surface area contributed by atoms with Crippen LogP contribution in [0.2, 0.25) is 0 Å². The molecule has 0 amide bonds. The second-order valence-corrected chi connectivity index (χ2v) is 5.31. The van der Waals surface area contributed by atoms with Crippen LogP contribution in [0.15, 0.2) is 0 Å². The zero-order valence-corrected chi connectivity index (χ0v) is 12.5. The first-order valence-corrected chi connectivity index (χ1v) is 8.06. The van der Waals surface area contributed by atoms with Gasteiger partial charge in [0.2, 0.25) is 0 Å². The number of esters is 1. The molecule has 0 aromatic rings. The SMILES string of the molecule is O=C1CCCCCC#CCCCCC(CI)O1. The standard InChI is InChI=1S/C14H21IO2/c15-12-13-10-8-6-4-2-1-3-5-7-9-11-14(16)17-13/h13H,3-12H2. The van der Waals surface area contributed by atoms with Gasteiger partial charge in [-0.2, -0.15) is 0 Å². The van der Waals surface area contributed by atoms with E-state index in [1.165, 1.54) is 0 Å². The molecule has 1 rings (SSSR count). The molecule has 0 spiro atoms. The van der Waals surface area contributed by atoms with Crippen LogP contribution in [-0.4, -0.2) is 16.5 Å². The van der Waals surface area contributed by atoms with Crippen LogP contribution in [0.25, 0.3) is 0 Å². The van der Waals surface area contributed by atoms with Crippen molar-refractivity contribution in [3.05, 3.63) is 0 Å². The quantitative estimate of drug-likeness (QED) is 0.311. The van der Waals surface area contributed by atoms with Gasteiger partial charge in [0.1, 0.15) is 6.10 Å². The largest absolute Gasteiger partial charge is 0.462 e.